The molecule has 0 radical (unpaired) electrons. The second-order valence-corrected chi connectivity index (χ2v) is 7.28. The fourth-order valence-corrected chi connectivity index (χ4v) is 3.00. The minimum absolute atomic E-state index is 0.117. The van der Waals surface area contributed by atoms with Gasteiger partial charge in [-0.2, -0.15) is 0 Å². The number of halogens is 1. The first-order valence-corrected chi connectivity index (χ1v) is 10.5. The highest BCUT2D eigenvalue weighted by Crippen LogP contribution is 2.17. The third kappa shape index (κ3) is 6.80. The topological polar surface area (TPSA) is 76.4 Å². The van der Waals surface area contributed by atoms with E-state index in [1.165, 1.54) is 6.07 Å². The maximum Gasteiger partial charge on any atom is 0.196 e. The quantitative estimate of drug-likeness (QED) is 0.401. The van der Waals surface area contributed by atoms with Gasteiger partial charge >= 0.3 is 0 Å². The molecule has 164 valence electrons. The molecule has 2 N–H and O–H groups in total. The van der Waals surface area contributed by atoms with Crippen molar-refractivity contribution < 1.29 is 9.13 Å². The third-order valence-corrected chi connectivity index (χ3v) is 4.55. The fraction of sp³-hybridized carbons (Fsp3) is 0.348. The van der Waals surface area contributed by atoms with E-state index in [0.717, 1.165) is 23.8 Å². The predicted octanol–water partition coefficient (Wildman–Crippen LogP) is 4.02. The van der Waals surface area contributed by atoms with Gasteiger partial charge in [-0.15, -0.1) is 10.2 Å². The van der Waals surface area contributed by atoms with E-state index >= 15 is 0 Å². The van der Waals surface area contributed by atoms with Crippen molar-refractivity contribution in [2.75, 3.05) is 11.9 Å². The molecular formula is C23H29FN6O. The lowest BCUT2D eigenvalue weighted by atomic mass is 10.1. The van der Waals surface area contributed by atoms with Gasteiger partial charge in [0.25, 0.3) is 0 Å². The Morgan fingerprint density at radius 3 is 2.65 bits per heavy atom. The van der Waals surface area contributed by atoms with E-state index in [1.807, 2.05) is 55.7 Å². The average Bonchev–Trinajstić information content (AvgIpc) is 3.22. The Hall–Kier alpha value is -3.42. The highest BCUT2D eigenvalue weighted by atomic mass is 19.1. The lowest BCUT2D eigenvalue weighted by molar-refractivity contribution is 0.242. The van der Waals surface area contributed by atoms with Crippen LogP contribution in [0.15, 0.2) is 59.9 Å². The Balaban J connectivity index is 1.68. The maximum absolute atomic E-state index is 13.9. The third-order valence-electron chi connectivity index (χ3n) is 4.55. The van der Waals surface area contributed by atoms with Crippen molar-refractivity contribution in [1.82, 2.24) is 20.1 Å². The lowest BCUT2D eigenvalue weighted by Crippen LogP contribution is -2.32. The van der Waals surface area contributed by atoms with E-state index in [1.54, 1.807) is 18.5 Å². The summed E-state index contributed by atoms with van der Waals surface area (Å²) < 4.78 is 21.5. The number of aromatic nitrogens is 3. The zero-order valence-electron chi connectivity index (χ0n) is 18.2. The number of guanidine groups is 1. The van der Waals surface area contributed by atoms with E-state index in [0.29, 0.717) is 31.0 Å². The van der Waals surface area contributed by atoms with Gasteiger partial charge in [-0.05, 0) is 63.1 Å². The second kappa shape index (κ2) is 11.1. The number of nitrogens with one attached hydrogen (secondary N) is 2. The Bertz CT molecular complexity index is 984. The molecule has 2 aromatic carbocycles. The summed E-state index contributed by atoms with van der Waals surface area (Å²) in [6.45, 7) is 7.69. The molecular weight excluding hydrogens is 395 g/mol. The average molecular weight is 425 g/mol. The van der Waals surface area contributed by atoms with Gasteiger partial charge in [0, 0.05) is 18.8 Å². The monoisotopic (exact) mass is 424 g/mol. The van der Waals surface area contributed by atoms with E-state index in [-0.39, 0.29) is 11.9 Å². The predicted molar refractivity (Wildman–Crippen MR) is 121 cm³/mol. The number of hydrogen-bond acceptors (Lipinski definition) is 4. The number of aliphatic imine (C=N–C) groups is 1. The van der Waals surface area contributed by atoms with Gasteiger partial charge in [0.2, 0.25) is 0 Å². The molecule has 1 heterocycles. The molecule has 31 heavy (non-hydrogen) atoms. The van der Waals surface area contributed by atoms with Crippen molar-refractivity contribution in [3.8, 4) is 5.75 Å². The summed E-state index contributed by atoms with van der Waals surface area (Å²) in [5.41, 5.74) is 1.53. The largest absolute Gasteiger partial charge is 0.491 e. The molecule has 0 saturated heterocycles. The van der Waals surface area contributed by atoms with E-state index < -0.39 is 0 Å². The SMILES string of the molecule is CCn1cnnc1CN=C(NCCc1ccccc1F)Nc1ccc(OC(C)C)cc1. The number of benzene rings is 2. The van der Waals surface area contributed by atoms with Crippen LogP contribution in [-0.2, 0) is 19.5 Å². The number of ether oxygens (including phenoxy) is 1. The Kier molecular flexibility index (Phi) is 7.98. The molecule has 0 aliphatic carbocycles. The molecule has 0 saturated carbocycles. The highest BCUT2D eigenvalue weighted by Gasteiger charge is 2.06. The van der Waals surface area contributed by atoms with Crippen molar-refractivity contribution in [2.24, 2.45) is 4.99 Å². The van der Waals surface area contributed by atoms with Gasteiger partial charge in [-0.3, -0.25) is 0 Å². The first-order valence-electron chi connectivity index (χ1n) is 10.5. The molecule has 0 fully saturated rings. The standard InChI is InChI=1S/C23H29FN6O/c1-4-30-16-27-29-22(30)15-26-23(25-14-13-18-7-5-6-8-21(18)24)28-19-9-11-20(12-10-19)31-17(2)3/h5-12,16-17H,4,13-15H2,1-3H3,(H2,25,26,28). The minimum atomic E-state index is -0.201. The molecule has 0 unspecified atom stereocenters. The van der Waals surface area contributed by atoms with Gasteiger partial charge in [-0.1, -0.05) is 18.2 Å². The molecule has 3 rings (SSSR count). The normalized spacial score (nSPS) is 11.6. The zero-order chi connectivity index (χ0) is 22.1. The van der Waals surface area contributed by atoms with Crippen LogP contribution >= 0.6 is 0 Å². The first-order chi connectivity index (χ1) is 15.0. The maximum atomic E-state index is 13.9. The van der Waals surface area contributed by atoms with Gasteiger partial charge < -0.3 is 19.9 Å². The van der Waals surface area contributed by atoms with Crippen LogP contribution in [0.2, 0.25) is 0 Å². The molecule has 0 amide bonds. The molecule has 3 aromatic rings. The summed E-state index contributed by atoms with van der Waals surface area (Å²) in [6, 6.07) is 14.5. The number of anilines is 1. The summed E-state index contributed by atoms with van der Waals surface area (Å²) in [4.78, 5) is 4.64. The van der Waals surface area contributed by atoms with Crippen molar-refractivity contribution in [3.63, 3.8) is 0 Å². The van der Waals surface area contributed by atoms with Crippen LogP contribution in [0.1, 0.15) is 32.2 Å². The number of nitrogens with zero attached hydrogens (tertiary/aromatic N) is 4. The summed E-state index contributed by atoms with van der Waals surface area (Å²) in [5.74, 6) is 1.97. The van der Waals surface area contributed by atoms with Crippen LogP contribution in [0.3, 0.4) is 0 Å². The van der Waals surface area contributed by atoms with Crippen molar-refractivity contribution in [2.45, 2.75) is 46.4 Å². The van der Waals surface area contributed by atoms with Crippen molar-refractivity contribution in [1.29, 1.82) is 0 Å². The smallest absolute Gasteiger partial charge is 0.196 e. The second-order valence-electron chi connectivity index (χ2n) is 7.28. The van der Waals surface area contributed by atoms with E-state index in [9.17, 15) is 4.39 Å². The number of aryl methyl sites for hydroxylation is 1. The lowest BCUT2D eigenvalue weighted by Gasteiger charge is -2.14. The number of hydrogen-bond donors (Lipinski definition) is 2. The number of rotatable bonds is 9. The van der Waals surface area contributed by atoms with Crippen LogP contribution in [0.25, 0.3) is 0 Å². The van der Waals surface area contributed by atoms with E-state index in [2.05, 4.69) is 25.8 Å². The van der Waals surface area contributed by atoms with Crippen molar-refractivity contribution in [3.05, 3.63) is 72.1 Å². The van der Waals surface area contributed by atoms with Crippen LogP contribution < -0.4 is 15.4 Å². The summed E-state index contributed by atoms with van der Waals surface area (Å²) in [7, 11) is 0. The Labute approximate surface area is 182 Å². The van der Waals surface area contributed by atoms with Crippen LogP contribution in [0.5, 0.6) is 5.75 Å². The molecule has 0 spiro atoms. The first kappa shape index (κ1) is 22.3. The summed E-state index contributed by atoms with van der Waals surface area (Å²) >= 11 is 0. The molecule has 8 heteroatoms. The van der Waals surface area contributed by atoms with Gasteiger partial charge in [0.15, 0.2) is 11.8 Å². The molecule has 0 aliphatic heterocycles. The summed E-state index contributed by atoms with van der Waals surface area (Å²) in [6.07, 6.45) is 2.35. The fourth-order valence-electron chi connectivity index (χ4n) is 3.00. The van der Waals surface area contributed by atoms with E-state index in [4.69, 9.17) is 4.74 Å². The molecule has 1 aromatic heterocycles. The Morgan fingerprint density at radius 1 is 1.16 bits per heavy atom. The zero-order valence-corrected chi connectivity index (χ0v) is 18.2. The van der Waals surface area contributed by atoms with Gasteiger partial charge in [-0.25, -0.2) is 9.38 Å². The van der Waals surface area contributed by atoms with Crippen LogP contribution in [-0.4, -0.2) is 33.4 Å². The molecule has 7 nitrogen and oxygen atoms in total. The molecule has 0 atom stereocenters. The van der Waals surface area contributed by atoms with Crippen LogP contribution in [0.4, 0.5) is 10.1 Å². The molecule has 0 aliphatic rings. The molecule has 0 bridgehead atoms. The highest BCUT2D eigenvalue weighted by molar-refractivity contribution is 5.93. The minimum Gasteiger partial charge on any atom is -0.491 e. The van der Waals surface area contributed by atoms with Gasteiger partial charge in [0.1, 0.15) is 24.4 Å². The Morgan fingerprint density at radius 2 is 1.94 bits per heavy atom. The van der Waals surface area contributed by atoms with Crippen molar-refractivity contribution >= 4 is 11.6 Å². The van der Waals surface area contributed by atoms with Gasteiger partial charge in [0.05, 0.1) is 6.10 Å². The summed E-state index contributed by atoms with van der Waals surface area (Å²) in [5, 5.41) is 14.6. The van der Waals surface area contributed by atoms with Crippen LogP contribution in [0, 0.1) is 5.82 Å².